The van der Waals surface area contributed by atoms with E-state index < -0.39 is 5.91 Å². The quantitative estimate of drug-likeness (QED) is 0.847. The molecule has 4 nitrogen and oxygen atoms in total. The number of hydrogen-bond acceptors (Lipinski definition) is 2. The second-order valence-electron chi connectivity index (χ2n) is 4.32. The number of carbonyl (C=O) groups is 2. The normalized spacial score (nSPS) is 10.5. The minimum atomic E-state index is -0.568. The molecule has 2 aromatic rings. The lowest BCUT2D eigenvalue weighted by atomic mass is 10.2. The van der Waals surface area contributed by atoms with Crippen molar-refractivity contribution < 1.29 is 14.0 Å². The van der Waals surface area contributed by atoms with Crippen molar-refractivity contribution in [2.24, 2.45) is 5.73 Å². The molecule has 106 valence electrons. The molecule has 0 aliphatic rings. The van der Waals surface area contributed by atoms with Crippen LogP contribution < -0.4 is 11.1 Å². The molecule has 0 saturated carbocycles. The van der Waals surface area contributed by atoms with Crippen LogP contribution in [0.5, 0.6) is 0 Å². The monoisotopic (exact) mass is 284 g/mol. The van der Waals surface area contributed by atoms with E-state index in [2.05, 4.69) is 5.32 Å². The second kappa shape index (κ2) is 6.47. The Kier molecular flexibility index (Phi) is 4.46. The molecule has 2 aromatic carbocycles. The Morgan fingerprint density at radius 2 is 1.86 bits per heavy atom. The van der Waals surface area contributed by atoms with E-state index >= 15 is 0 Å². The number of rotatable bonds is 4. The van der Waals surface area contributed by atoms with Crippen molar-refractivity contribution in [1.82, 2.24) is 0 Å². The van der Waals surface area contributed by atoms with E-state index in [-0.39, 0.29) is 11.7 Å². The summed E-state index contributed by atoms with van der Waals surface area (Å²) in [7, 11) is 0. The van der Waals surface area contributed by atoms with Gasteiger partial charge >= 0.3 is 0 Å². The van der Waals surface area contributed by atoms with E-state index in [1.165, 1.54) is 30.4 Å². The Labute approximate surface area is 121 Å². The van der Waals surface area contributed by atoms with Gasteiger partial charge in [-0.3, -0.25) is 9.59 Å². The molecule has 0 aliphatic carbocycles. The molecule has 0 spiro atoms. The maximum atomic E-state index is 13.0. The molecule has 0 unspecified atom stereocenters. The summed E-state index contributed by atoms with van der Waals surface area (Å²) in [4.78, 5) is 22.8. The first-order valence-electron chi connectivity index (χ1n) is 6.19. The third kappa shape index (κ3) is 4.28. The maximum absolute atomic E-state index is 13.0. The van der Waals surface area contributed by atoms with Crippen molar-refractivity contribution in [3.05, 3.63) is 71.6 Å². The summed E-state index contributed by atoms with van der Waals surface area (Å²) < 4.78 is 13.0. The number of hydrogen-bond donors (Lipinski definition) is 2. The summed E-state index contributed by atoms with van der Waals surface area (Å²) in [5, 5.41) is 2.59. The zero-order chi connectivity index (χ0) is 15.2. The van der Waals surface area contributed by atoms with Crippen LogP contribution in [0.25, 0.3) is 6.08 Å². The largest absolute Gasteiger partial charge is 0.366 e. The summed E-state index contributed by atoms with van der Waals surface area (Å²) >= 11 is 0. The molecule has 0 heterocycles. The van der Waals surface area contributed by atoms with Crippen LogP contribution in [0.4, 0.5) is 10.1 Å². The van der Waals surface area contributed by atoms with Crippen LogP contribution in [0.3, 0.4) is 0 Å². The van der Waals surface area contributed by atoms with Crippen LogP contribution in [0.15, 0.2) is 54.6 Å². The number of nitrogens with two attached hydrogens (primary N) is 1. The first-order chi connectivity index (χ1) is 10.0. The van der Waals surface area contributed by atoms with Gasteiger partial charge in [-0.15, -0.1) is 0 Å². The fourth-order valence-corrected chi connectivity index (χ4v) is 1.72. The van der Waals surface area contributed by atoms with Gasteiger partial charge in [-0.25, -0.2) is 4.39 Å². The molecule has 0 bridgehead atoms. The Bertz CT molecular complexity index is 711. The van der Waals surface area contributed by atoms with Gasteiger partial charge in [-0.05, 0) is 42.0 Å². The van der Waals surface area contributed by atoms with Crippen molar-refractivity contribution in [1.29, 1.82) is 0 Å². The van der Waals surface area contributed by atoms with Crippen LogP contribution in [-0.4, -0.2) is 11.8 Å². The molecule has 2 rings (SSSR count). The van der Waals surface area contributed by atoms with Crippen molar-refractivity contribution >= 4 is 23.6 Å². The van der Waals surface area contributed by atoms with Crippen LogP contribution in [0.1, 0.15) is 15.9 Å². The smallest absolute Gasteiger partial charge is 0.248 e. The van der Waals surface area contributed by atoms with Gasteiger partial charge in [0.2, 0.25) is 11.8 Å². The number of carbonyl (C=O) groups excluding carboxylic acids is 2. The van der Waals surface area contributed by atoms with E-state index in [0.29, 0.717) is 16.8 Å². The van der Waals surface area contributed by atoms with Gasteiger partial charge in [0, 0.05) is 17.3 Å². The van der Waals surface area contributed by atoms with Crippen molar-refractivity contribution in [3.8, 4) is 0 Å². The van der Waals surface area contributed by atoms with Crippen molar-refractivity contribution in [3.63, 3.8) is 0 Å². The summed E-state index contributed by atoms with van der Waals surface area (Å²) in [5.74, 6) is -1.32. The fourth-order valence-electron chi connectivity index (χ4n) is 1.72. The van der Waals surface area contributed by atoms with Crippen molar-refractivity contribution in [2.45, 2.75) is 0 Å². The predicted octanol–water partition coefficient (Wildman–Crippen LogP) is 2.58. The lowest BCUT2D eigenvalue weighted by molar-refractivity contribution is -0.111. The predicted molar refractivity (Wildman–Crippen MR) is 79.0 cm³/mol. The highest BCUT2D eigenvalue weighted by Crippen LogP contribution is 2.11. The molecule has 3 N–H and O–H groups in total. The van der Waals surface area contributed by atoms with Gasteiger partial charge in [0.1, 0.15) is 5.82 Å². The molecular weight excluding hydrogens is 271 g/mol. The highest BCUT2D eigenvalue weighted by Gasteiger charge is 2.03. The SMILES string of the molecule is NC(=O)c1cccc(NC(=O)/C=C/c2cccc(F)c2)c1. The molecule has 0 aliphatic heterocycles. The standard InChI is InChI=1S/C16H13FN2O2/c17-13-5-1-3-11(9-13)7-8-15(20)19-14-6-2-4-12(10-14)16(18)21/h1-10H,(H2,18,21)(H,19,20)/b8-7+. The molecule has 5 heteroatoms. The van der Waals surface area contributed by atoms with E-state index in [1.807, 2.05) is 0 Å². The molecule has 2 amide bonds. The average molecular weight is 284 g/mol. The van der Waals surface area contributed by atoms with Crippen LogP contribution >= 0.6 is 0 Å². The lowest BCUT2D eigenvalue weighted by Crippen LogP contribution is -2.12. The average Bonchev–Trinajstić information content (AvgIpc) is 2.45. The first-order valence-corrected chi connectivity index (χ1v) is 6.19. The highest BCUT2D eigenvalue weighted by atomic mass is 19.1. The lowest BCUT2D eigenvalue weighted by Gasteiger charge is -2.03. The number of primary amides is 1. The van der Waals surface area contributed by atoms with Crippen LogP contribution in [0.2, 0.25) is 0 Å². The Morgan fingerprint density at radius 1 is 1.10 bits per heavy atom. The zero-order valence-corrected chi connectivity index (χ0v) is 11.0. The van der Waals surface area contributed by atoms with Crippen molar-refractivity contribution in [2.75, 3.05) is 5.32 Å². The topological polar surface area (TPSA) is 72.2 Å². The summed E-state index contributed by atoms with van der Waals surface area (Å²) in [6.07, 6.45) is 2.78. The minimum absolute atomic E-state index is 0.307. The molecule has 21 heavy (non-hydrogen) atoms. The van der Waals surface area contributed by atoms with Gasteiger partial charge in [0.05, 0.1) is 0 Å². The number of amides is 2. The zero-order valence-electron chi connectivity index (χ0n) is 11.0. The van der Waals surface area contributed by atoms with E-state index in [9.17, 15) is 14.0 Å². The van der Waals surface area contributed by atoms with Gasteiger partial charge in [0.15, 0.2) is 0 Å². The first kappa shape index (κ1) is 14.5. The minimum Gasteiger partial charge on any atom is -0.366 e. The van der Waals surface area contributed by atoms with E-state index in [0.717, 1.165) is 0 Å². The van der Waals surface area contributed by atoms with Gasteiger partial charge < -0.3 is 11.1 Å². The summed E-state index contributed by atoms with van der Waals surface area (Å²) in [6, 6.07) is 12.2. The highest BCUT2D eigenvalue weighted by molar-refractivity contribution is 6.03. The van der Waals surface area contributed by atoms with Crippen LogP contribution in [0, 0.1) is 5.82 Å². The number of benzene rings is 2. The maximum Gasteiger partial charge on any atom is 0.248 e. The van der Waals surface area contributed by atoms with Gasteiger partial charge in [0.25, 0.3) is 0 Å². The van der Waals surface area contributed by atoms with Crippen LogP contribution in [-0.2, 0) is 4.79 Å². The molecule has 0 atom stereocenters. The second-order valence-corrected chi connectivity index (χ2v) is 4.32. The summed E-state index contributed by atoms with van der Waals surface area (Å²) in [6.45, 7) is 0. The van der Waals surface area contributed by atoms with E-state index in [4.69, 9.17) is 5.73 Å². The Morgan fingerprint density at radius 3 is 2.57 bits per heavy atom. The third-order valence-electron chi connectivity index (χ3n) is 2.69. The van der Waals surface area contributed by atoms with E-state index in [1.54, 1.807) is 30.3 Å². The van der Waals surface area contributed by atoms with Gasteiger partial charge in [-0.2, -0.15) is 0 Å². The molecular formula is C16H13FN2O2. The molecule has 0 radical (unpaired) electrons. The third-order valence-corrected chi connectivity index (χ3v) is 2.69. The Balaban J connectivity index is 2.05. The molecule has 0 saturated heterocycles. The summed E-state index contributed by atoms with van der Waals surface area (Å²) in [5.41, 5.74) is 6.51. The number of anilines is 1. The molecule has 0 fully saturated rings. The fraction of sp³-hybridized carbons (Fsp3) is 0. The van der Waals surface area contributed by atoms with Gasteiger partial charge in [-0.1, -0.05) is 18.2 Å². The number of nitrogens with one attached hydrogen (secondary N) is 1. The number of halogens is 1. The molecule has 0 aromatic heterocycles. The Hall–Kier alpha value is -2.95.